The molecule has 2 aromatic carbocycles. The first-order valence-corrected chi connectivity index (χ1v) is 8.52. The molecule has 0 spiro atoms. The van der Waals surface area contributed by atoms with Gasteiger partial charge in [0.1, 0.15) is 6.07 Å². The third-order valence-electron chi connectivity index (χ3n) is 4.32. The number of carbonyl (C=O) groups is 3. The van der Waals surface area contributed by atoms with E-state index < -0.39 is 11.8 Å². The molecule has 0 atom stereocenters. The minimum absolute atomic E-state index is 0.0884. The molecule has 0 unspecified atom stereocenters. The summed E-state index contributed by atoms with van der Waals surface area (Å²) in [6.07, 6.45) is 1.38. The fourth-order valence-electron chi connectivity index (χ4n) is 3.00. The standard InChI is InChI=1S/C20H18N4O3/c1-13-11-15(8-9-17(13)24-10-4-7-18(24)25)22-19(26)20(27)23-16-6-3-2-5-14(16)12-21/h2-3,5-6,8-9,11H,4,7,10H2,1H3,(H,22,26)(H,23,27). The summed E-state index contributed by atoms with van der Waals surface area (Å²) in [6, 6.07) is 13.5. The van der Waals surface area contributed by atoms with Gasteiger partial charge in [0.05, 0.1) is 11.3 Å². The normalized spacial score (nSPS) is 13.2. The molecule has 2 N–H and O–H groups in total. The Morgan fingerprint density at radius 2 is 1.85 bits per heavy atom. The number of rotatable bonds is 3. The van der Waals surface area contributed by atoms with Crippen LogP contribution in [0.4, 0.5) is 17.1 Å². The largest absolute Gasteiger partial charge is 0.318 e. The number of anilines is 3. The van der Waals surface area contributed by atoms with Gasteiger partial charge in [-0.3, -0.25) is 14.4 Å². The molecule has 1 fully saturated rings. The molecule has 2 aromatic rings. The molecule has 0 saturated carbocycles. The SMILES string of the molecule is Cc1cc(NC(=O)C(=O)Nc2ccccc2C#N)ccc1N1CCCC1=O. The molecule has 0 aliphatic carbocycles. The first-order chi connectivity index (χ1) is 13.0. The smallest absolute Gasteiger partial charge is 0.314 e. The molecule has 1 aliphatic rings. The van der Waals surface area contributed by atoms with Crippen LogP contribution >= 0.6 is 0 Å². The van der Waals surface area contributed by atoms with Crippen LogP contribution in [0.15, 0.2) is 42.5 Å². The second kappa shape index (κ2) is 7.70. The van der Waals surface area contributed by atoms with Crippen LogP contribution in [0.2, 0.25) is 0 Å². The number of hydrogen-bond donors (Lipinski definition) is 2. The zero-order chi connectivity index (χ0) is 19.4. The number of carbonyl (C=O) groups excluding carboxylic acids is 3. The monoisotopic (exact) mass is 362 g/mol. The fourth-order valence-corrected chi connectivity index (χ4v) is 3.00. The van der Waals surface area contributed by atoms with Gasteiger partial charge < -0.3 is 15.5 Å². The van der Waals surface area contributed by atoms with Gasteiger partial charge in [-0.2, -0.15) is 5.26 Å². The van der Waals surface area contributed by atoms with Crippen LogP contribution in [0.5, 0.6) is 0 Å². The number of amides is 3. The third kappa shape index (κ3) is 3.96. The van der Waals surface area contributed by atoms with Crippen molar-refractivity contribution in [2.45, 2.75) is 19.8 Å². The molecule has 3 rings (SSSR count). The van der Waals surface area contributed by atoms with Crippen LogP contribution in [-0.4, -0.2) is 24.3 Å². The zero-order valence-corrected chi connectivity index (χ0v) is 14.8. The predicted octanol–water partition coefficient (Wildman–Crippen LogP) is 2.57. The lowest BCUT2D eigenvalue weighted by Gasteiger charge is -2.19. The van der Waals surface area contributed by atoms with E-state index in [0.29, 0.717) is 18.7 Å². The molecule has 136 valence electrons. The van der Waals surface area contributed by atoms with Crippen molar-refractivity contribution in [2.75, 3.05) is 22.1 Å². The Balaban J connectivity index is 1.69. The van der Waals surface area contributed by atoms with Crippen LogP contribution in [0.1, 0.15) is 24.0 Å². The molecule has 0 bridgehead atoms. The second-order valence-electron chi connectivity index (χ2n) is 6.22. The average molecular weight is 362 g/mol. The van der Waals surface area contributed by atoms with Crippen molar-refractivity contribution >= 4 is 34.8 Å². The molecule has 1 saturated heterocycles. The van der Waals surface area contributed by atoms with Crippen molar-refractivity contribution in [2.24, 2.45) is 0 Å². The average Bonchev–Trinajstić information content (AvgIpc) is 3.08. The summed E-state index contributed by atoms with van der Waals surface area (Å²) in [5, 5.41) is 14.0. The number of benzene rings is 2. The Morgan fingerprint density at radius 3 is 2.52 bits per heavy atom. The maximum atomic E-state index is 12.2. The number of nitrogens with zero attached hydrogens (tertiary/aromatic N) is 2. The highest BCUT2D eigenvalue weighted by Crippen LogP contribution is 2.27. The Hall–Kier alpha value is -3.66. The van der Waals surface area contributed by atoms with Gasteiger partial charge in [0.2, 0.25) is 5.91 Å². The van der Waals surface area contributed by atoms with E-state index in [-0.39, 0.29) is 17.2 Å². The third-order valence-corrected chi connectivity index (χ3v) is 4.32. The molecule has 0 radical (unpaired) electrons. The number of nitrogens with one attached hydrogen (secondary N) is 2. The van der Waals surface area contributed by atoms with E-state index in [2.05, 4.69) is 10.6 Å². The van der Waals surface area contributed by atoms with Crippen molar-refractivity contribution in [1.29, 1.82) is 5.26 Å². The molecule has 1 heterocycles. The minimum Gasteiger partial charge on any atom is -0.318 e. The fraction of sp³-hybridized carbons (Fsp3) is 0.200. The topological polar surface area (TPSA) is 102 Å². The summed E-state index contributed by atoms with van der Waals surface area (Å²) in [5.74, 6) is -1.62. The molecule has 0 aromatic heterocycles. The molecule has 3 amide bonds. The van der Waals surface area contributed by atoms with Gasteiger partial charge in [0, 0.05) is 24.3 Å². The maximum absolute atomic E-state index is 12.2. The number of nitriles is 1. The minimum atomic E-state index is -0.867. The van der Waals surface area contributed by atoms with Crippen LogP contribution in [0, 0.1) is 18.3 Å². The Bertz CT molecular complexity index is 962. The van der Waals surface area contributed by atoms with Crippen molar-refractivity contribution in [1.82, 2.24) is 0 Å². The van der Waals surface area contributed by atoms with Gasteiger partial charge in [-0.05, 0) is 49.2 Å². The lowest BCUT2D eigenvalue weighted by molar-refractivity contribution is -0.133. The van der Waals surface area contributed by atoms with E-state index >= 15 is 0 Å². The van der Waals surface area contributed by atoms with E-state index in [4.69, 9.17) is 5.26 Å². The van der Waals surface area contributed by atoms with E-state index in [1.165, 1.54) is 0 Å². The van der Waals surface area contributed by atoms with Gasteiger partial charge in [-0.25, -0.2) is 0 Å². The molecule has 7 heteroatoms. The molecule has 27 heavy (non-hydrogen) atoms. The Morgan fingerprint density at radius 1 is 1.11 bits per heavy atom. The summed E-state index contributed by atoms with van der Waals surface area (Å²) in [5.41, 5.74) is 2.64. The van der Waals surface area contributed by atoms with Gasteiger partial charge >= 0.3 is 11.8 Å². The summed E-state index contributed by atoms with van der Waals surface area (Å²) < 4.78 is 0. The van der Waals surface area contributed by atoms with Gasteiger partial charge in [0.15, 0.2) is 0 Å². The van der Waals surface area contributed by atoms with E-state index in [1.807, 2.05) is 13.0 Å². The summed E-state index contributed by atoms with van der Waals surface area (Å²) >= 11 is 0. The zero-order valence-electron chi connectivity index (χ0n) is 14.8. The summed E-state index contributed by atoms with van der Waals surface area (Å²) in [4.78, 5) is 37.9. The van der Waals surface area contributed by atoms with E-state index in [1.54, 1.807) is 47.4 Å². The first kappa shape index (κ1) is 18.1. The summed E-state index contributed by atoms with van der Waals surface area (Å²) in [6.45, 7) is 2.53. The molecule has 1 aliphatic heterocycles. The lowest BCUT2D eigenvalue weighted by Crippen LogP contribution is -2.29. The lowest BCUT2D eigenvalue weighted by atomic mass is 10.1. The van der Waals surface area contributed by atoms with Crippen LogP contribution in [-0.2, 0) is 14.4 Å². The first-order valence-electron chi connectivity index (χ1n) is 8.52. The number of hydrogen-bond acceptors (Lipinski definition) is 4. The summed E-state index contributed by atoms with van der Waals surface area (Å²) in [7, 11) is 0. The highest BCUT2D eigenvalue weighted by molar-refractivity contribution is 6.43. The van der Waals surface area contributed by atoms with Gasteiger partial charge in [-0.1, -0.05) is 12.1 Å². The van der Waals surface area contributed by atoms with Crippen LogP contribution in [0.3, 0.4) is 0 Å². The Labute approximate surface area is 156 Å². The van der Waals surface area contributed by atoms with E-state index in [0.717, 1.165) is 17.7 Å². The number of aryl methyl sites for hydroxylation is 1. The molecular weight excluding hydrogens is 344 g/mol. The molecular formula is C20H18N4O3. The predicted molar refractivity (Wildman–Crippen MR) is 101 cm³/mol. The van der Waals surface area contributed by atoms with Crippen molar-refractivity contribution in [3.8, 4) is 6.07 Å². The Kier molecular flexibility index (Phi) is 5.18. The second-order valence-corrected chi connectivity index (χ2v) is 6.22. The van der Waals surface area contributed by atoms with Crippen LogP contribution < -0.4 is 15.5 Å². The van der Waals surface area contributed by atoms with Gasteiger partial charge in [-0.15, -0.1) is 0 Å². The van der Waals surface area contributed by atoms with Crippen molar-refractivity contribution in [3.63, 3.8) is 0 Å². The highest BCUT2D eigenvalue weighted by atomic mass is 16.2. The van der Waals surface area contributed by atoms with Gasteiger partial charge in [0.25, 0.3) is 0 Å². The quantitative estimate of drug-likeness (QED) is 0.819. The van der Waals surface area contributed by atoms with Crippen molar-refractivity contribution in [3.05, 3.63) is 53.6 Å². The van der Waals surface area contributed by atoms with Crippen molar-refractivity contribution < 1.29 is 14.4 Å². The maximum Gasteiger partial charge on any atom is 0.314 e. The molecule has 7 nitrogen and oxygen atoms in total. The highest BCUT2D eigenvalue weighted by Gasteiger charge is 2.23. The van der Waals surface area contributed by atoms with E-state index in [9.17, 15) is 14.4 Å². The van der Waals surface area contributed by atoms with Crippen LogP contribution in [0.25, 0.3) is 0 Å². The number of para-hydroxylation sites is 1.